The first-order valence-corrected chi connectivity index (χ1v) is 18.5. The third-order valence-electron chi connectivity index (χ3n) is 10.7. The van der Waals surface area contributed by atoms with Crippen LogP contribution in [0.4, 0.5) is 0 Å². The minimum absolute atomic E-state index is 0.588. The van der Waals surface area contributed by atoms with E-state index in [9.17, 15) is 0 Å². The Morgan fingerprint density at radius 3 is 1.47 bits per heavy atom. The molecule has 0 saturated carbocycles. The number of rotatable bonds is 5. The van der Waals surface area contributed by atoms with E-state index in [1.807, 2.05) is 30.3 Å². The van der Waals surface area contributed by atoms with Crippen molar-refractivity contribution in [3.05, 3.63) is 188 Å². The van der Waals surface area contributed by atoms with Crippen LogP contribution in [0.3, 0.4) is 0 Å². The Bertz CT molecular complexity index is 3250. The molecule has 0 radical (unpaired) electrons. The zero-order valence-electron chi connectivity index (χ0n) is 29.6. The van der Waals surface area contributed by atoms with Gasteiger partial charge >= 0.3 is 0 Å². The standard InChI is InChI=1S/C51H31N3O/c1-2-14-35(15-3-1)49-52-50(36-26-24-34(25-27-36)42-22-10-18-32-12-6-8-20-40(32)42)54-51(53-49)45-29-39(43-23-11-19-33-13-7-9-21-41(33)43)31-47-48(45)44-28-37-16-4-5-17-38(37)30-46(44)55-47/h1-31H. The van der Waals surface area contributed by atoms with Crippen LogP contribution in [0.15, 0.2) is 192 Å². The van der Waals surface area contributed by atoms with Crippen molar-refractivity contribution in [2.24, 2.45) is 0 Å². The van der Waals surface area contributed by atoms with E-state index in [2.05, 4.69) is 158 Å². The smallest absolute Gasteiger partial charge is 0.164 e. The molecule has 0 aliphatic carbocycles. The van der Waals surface area contributed by atoms with E-state index in [1.54, 1.807) is 0 Å². The molecule has 11 aromatic rings. The molecule has 0 atom stereocenters. The molecule has 11 rings (SSSR count). The lowest BCUT2D eigenvalue weighted by atomic mass is 9.94. The lowest BCUT2D eigenvalue weighted by Crippen LogP contribution is -2.00. The molecule has 0 unspecified atom stereocenters. The van der Waals surface area contributed by atoms with Gasteiger partial charge in [0, 0.05) is 27.5 Å². The fraction of sp³-hybridized carbons (Fsp3) is 0. The second-order valence-electron chi connectivity index (χ2n) is 14.0. The van der Waals surface area contributed by atoms with Gasteiger partial charge in [0.1, 0.15) is 11.2 Å². The molecule has 0 aliphatic heterocycles. The SMILES string of the molecule is c1ccc(-c2nc(-c3ccc(-c4cccc5ccccc45)cc3)nc(-c3cc(-c4cccc5ccccc45)cc4oc5cc6ccccc6cc5c34)n2)cc1. The van der Waals surface area contributed by atoms with Gasteiger partial charge in [-0.15, -0.1) is 0 Å². The Morgan fingerprint density at radius 1 is 0.291 bits per heavy atom. The molecule has 0 saturated heterocycles. The molecule has 2 aromatic heterocycles. The van der Waals surface area contributed by atoms with E-state index in [0.29, 0.717) is 17.5 Å². The Hall–Kier alpha value is -7.43. The third kappa shape index (κ3) is 5.34. The molecule has 0 spiro atoms. The topological polar surface area (TPSA) is 51.8 Å². The van der Waals surface area contributed by atoms with Gasteiger partial charge in [-0.05, 0) is 78.8 Å². The number of hydrogen-bond acceptors (Lipinski definition) is 4. The maximum absolute atomic E-state index is 6.74. The maximum Gasteiger partial charge on any atom is 0.164 e. The molecule has 0 N–H and O–H groups in total. The second kappa shape index (κ2) is 12.6. The fourth-order valence-electron chi connectivity index (χ4n) is 8.02. The Balaban J connectivity index is 1.16. The molecular formula is C51H31N3O. The number of nitrogens with zero attached hydrogens (tertiary/aromatic N) is 3. The van der Waals surface area contributed by atoms with Crippen LogP contribution in [0.1, 0.15) is 0 Å². The summed E-state index contributed by atoms with van der Waals surface area (Å²) in [6.45, 7) is 0. The van der Waals surface area contributed by atoms with Crippen LogP contribution in [0.25, 0.3) is 111 Å². The summed E-state index contributed by atoms with van der Waals surface area (Å²) >= 11 is 0. The lowest BCUT2D eigenvalue weighted by molar-refractivity contribution is 0.669. The molecule has 4 nitrogen and oxygen atoms in total. The van der Waals surface area contributed by atoms with E-state index in [-0.39, 0.29) is 0 Å². The number of furan rings is 1. The summed E-state index contributed by atoms with van der Waals surface area (Å²) < 4.78 is 6.74. The quantitative estimate of drug-likeness (QED) is 0.179. The van der Waals surface area contributed by atoms with Gasteiger partial charge in [0.15, 0.2) is 17.5 Å². The lowest BCUT2D eigenvalue weighted by Gasteiger charge is -2.12. The molecule has 9 aromatic carbocycles. The normalized spacial score (nSPS) is 11.6. The molecule has 0 fully saturated rings. The highest BCUT2D eigenvalue weighted by atomic mass is 16.3. The first-order valence-electron chi connectivity index (χ1n) is 18.5. The molecule has 0 bridgehead atoms. The van der Waals surface area contributed by atoms with Crippen molar-refractivity contribution in [2.45, 2.75) is 0 Å². The fourth-order valence-corrected chi connectivity index (χ4v) is 8.02. The molecule has 256 valence electrons. The molecular weight excluding hydrogens is 671 g/mol. The van der Waals surface area contributed by atoms with Gasteiger partial charge < -0.3 is 4.42 Å². The predicted molar refractivity (Wildman–Crippen MR) is 227 cm³/mol. The van der Waals surface area contributed by atoms with Gasteiger partial charge in [0.25, 0.3) is 0 Å². The number of fused-ring (bicyclic) bond motifs is 6. The van der Waals surface area contributed by atoms with Gasteiger partial charge in [0.05, 0.1) is 0 Å². The van der Waals surface area contributed by atoms with E-state index < -0.39 is 0 Å². The molecule has 4 heteroatoms. The molecule has 0 amide bonds. The van der Waals surface area contributed by atoms with Gasteiger partial charge in [-0.25, -0.2) is 15.0 Å². The number of benzene rings is 9. The van der Waals surface area contributed by atoms with Crippen molar-refractivity contribution >= 4 is 54.3 Å². The summed E-state index contributed by atoms with van der Waals surface area (Å²) in [4.78, 5) is 15.6. The Labute approximate surface area is 317 Å². The second-order valence-corrected chi connectivity index (χ2v) is 14.0. The van der Waals surface area contributed by atoms with Gasteiger partial charge in [0.2, 0.25) is 0 Å². The van der Waals surface area contributed by atoms with Crippen molar-refractivity contribution in [1.82, 2.24) is 15.0 Å². The average molecular weight is 702 g/mol. The van der Waals surface area contributed by atoms with Crippen molar-refractivity contribution < 1.29 is 4.42 Å². The van der Waals surface area contributed by atoms with Crippen LogP contribution in [0.5, 0.6) is 0 Å². The predicted octanol–water partition coefficient (Wildman–Crippen LogP) is 13.6. The summed E-state index contributed by atoms with van der Waals surface area (Å²) in [5.74, 6) is 1.81. The van der Waals surface area contributed by atoms with Crippen LogP contribution in [0.2, 0.25) is 0 Å². The van der Waals surface area contributed by atoms with Gasteiger partial charge in [-0.3, -0.25) is 0 Å². The summed E-state index contributed by atoms with van der Waals surface area (Å²) in [5.41, 5.74) is 8.82. The number of aromatic nitrogens is 3. The van der Waals surface area contributed by atoms with E-state index in [1.165, 1.54) is 27.1 Å². The summed E-state index contributed by atoms with van der Waals surface area (Å²) in [6, 6.07) is 65.8. The minimum Gasteiger partial charge on any atom is -0.456 e. The van der Waals surface area contributed by atoms with Crippen LogP contribution >= 0.6 is 0 Å². The maximum atomic E-state index is 6.74. The zero-order chi connectivity index (χ0) is 36.3. The molecule has 55 heavy (non-hydrogen) atoms. The highest BCUT2D eigenvalue weighted by Crippen LogP contribution is 2.42. The van der Waals surface area contributed by atoms with Crippen molar-refractivity contribution in [2.75, 3.05) is 0 Å². The highest BCUT2D eigenvalue weighted by molar-refractivity contribution is 6.16. The van der Waals surface area contributed by atoms with Gasteiger partial charge in [-0.1, -0.05) is 164 Å². The van der Waals surface area contributed by atoms with Gasteiger partial charge in [-0.2, -0.15) is 0 Å². The highest BCUT2D eigenvalue weighted by Gasteiger charge is 2.21. The summed E-state index contributed by atoms with van der Waals surface area (Å²) in [6.07, 6.45) is 0. The van der Waals surface area contributed by atoms with Crippen LogP contribution in [0, 0.1) is 0 Å². The molecule has 0 aliphatic rings. The van der Waals surface area contributed by atoms with Crippen LogP contribution < -0.4 is 0 Å². The molecule has 2 heterocycles. The van der Waals surface area contributed by atoms with E-state index in [4.69, 9.17) is 19.4 Å². The van der Waals surface area contributed by atoms with Crippen LogP contribution in [-0.4, -0.2) is 15.0 Å². The van der Waals surface area contributed by atoms with E-state index >= 15 is 0 Å². The largest absolute Gasteiger partial charge is 0.456 e. The Kier molecular flexibility index (Phi) is 7.14. The van der Waals surface area contributed by atoms with Crippen molar-refractivity contribution in [3.8, 4) is 56.4 Å². The summed E-state index contributed by atoms with van der Waals surface area (Å²) in [7, 11) is 0. The minimum atomic E-state index is 0.588. The third-order valence-corrected chi connectivity index (χ3v) is 10.7. The average Bonchev–Trinajstić information content (AvgIpc) is 3.62. The Morgan fingerprint density at radius 2 is 0.800 bits per heavy atom. The first-order chi connectivity index (χ1) is 27.2. The monoisotopic (exact) mass is 701 g/mol. The summed E-state index contributed by atoms with van der Waals surface area (Å²) in [5, 5.41) is 9.07. The van der Waals surface area contributed by atoms with Crippen LogP contribution in [-0.2, 0) is 0 Å². The number of hydrogen-bond donors (Lipinski definition) is 0. The van der Waals surface area contributed by atoms with Crippen molar-refractivity contribution in [3.63, 3.8) is 0 Å². The van der Waals surface area contributed by atoms with Crippen molar-refractivity contribution in [1.29, 1.82) is 0 Å². The zero-order valence-corrected chi connectivity index (χ0v) is 29.6. The van der Waals surface area contributed by atoms with E-state index in [0.717, 1.165) is 66.1 Å². The first kappa shape index (κ1) is 31.1.